The van der Waals surface area contributed by atoms with Gasteiger partial charge >= 0.3 is 5.77 Å². The molecule has 2 nitrogen and oxygen atoms in total. The van der Waals surface area contributed by atoms with Gasteiger partial charge in [0.05, 0.1) is 0 Å². The van der Waals surface area contributed by atoms with Crippen molar-refractivity contribution >= 4 is 29.4 Å². The van der Waals surface area contributed by atoms with Crippen LogP contribution in [0.15, 0.2) is 0 Å². The summed E-state index contributed by atoms with van der Waals surface area (Å²) < 4.78 is 15.6. The van der Waals surface area contributed by atoms with E-state index in [1.54, 1.807) is 0 Å². The SMILES string of the molecule is CCCSP(=O)(S)OC. The summed E-state index contributed by atoms with van der Waals surface area (Å²) in [6, 6.07) is 0. The molecule has 56 valence electrons. The Bertz CT molecular complexity index is 117. The van der Waals surface area contributed by atoms with Crippen LogP contribution >= 0.6 is 29.4 Å². The van der Waals surface area contributed by atoms with Crippen LogP contribution in [0.25, 0.3) is 0 Å². The second-order valence-corrected chi connectivity index (χ2v) is 8.06. The van der Waals surface area contributed by atoms with E-state index in [2.05, 4.69) is 16.8 Å². The topological polar surface area (TPSA) is 26.3 Å². The first-order valence-corrected chi connectivity index (χ1v) is 7.02. The molecule has 5 heteroatoms. The van der Waals surface area contributed by atoms with E-state index < -0.39 is 5.77 Å². The monoisotopic (exact) mass is 186 g/mol. The Kier molecular flexibility index (Phi) is 5.13. The van der Waals surface area contributed by atoms with Gasteiger partial charge in [0.15, 0.2) is 0 Å². The quantitative estimate of drug-likeness (QED) is 0.540. The van der Waals surface area contributed by atoms with Crippen molar-refractivity contribution in [3.05, 3.63) is 0 Å². The van der Waals surface area contributed by atoms with E-state index in [0.29, 0.717) is 0 Å². The highest BCUT2D eigenvalue weighted by atomic mass is 33.1. The van der Waals surface area contributed by atoms with Crippen molar-refractivity contribution in [2.45, 2.75) is 13.3 Å². The van der Waals surface area contributed by atoms with Gasteiger partial charge in [0.1, 0.15) is 0 Å². The van der Waals surface area contributed by atoms with Crippen LogP contribution in [0.1, 0.15) is 13.3 Å². The maximum Gasteiger partial charge on any atom is 0.309 e. The molecular formula is C4H11O2PS2. The summed E-state index contributed by atoms with van der Waals surface area (Å²) >= 11 is 5.09. The average Bonchev–Trinajstić information content (AvgIpc) is 1.84. The third kappa shape index (κ3) is 5.34. The number of hydrogen-bond donors (Lipinski definition) is 1. The number of thiol groups is 1. The average molecular weight is 186 g/mol. The molecule has 0 saturated heterocycles. The van der Waals surface area contributed by atoms with Crippen molar-refractivity contribution in [2.24, 2.45) is 0 Å². The van der Waals surface area contributed by atoms with E-state index in [4.69, 9.17) is 0 Å². The molecule has 9 heavy (non-hydrogen) atoms. The van der Waals surface area contributed by atoms with Gasteiger partial charge in [-0.2, -0.15) is 0 Å². The Balaban J connectivity index is 3.46. The summed E-state index contributed by atoms with van der Waals surface area (Å²) in [7, 11) is 1.41. The van der Waals surface area contributed by atoms with Gasteiger partial charge in [-0.05, 0) is 6.42 Å². The third-order valence-corrected chi connectivity index (χ3v) is 5.57. The maximum absolute atomic E-state index is 10.9. The molecule has 1 atom stereocenters. The Morgan fingerprint density at radius 2 is 2.33 bits per heavy atom. The van der Waals surface area contributed by atoms with E-state index in [9.17, 15) is 4.57 Å². The van der Waals surface area contributed by atoms with Crippen LogP contribution in [0, 0.1) is 0 Å². The molecule has 0 aromatic heterocycles. The van der Waals surface area contributed by atoms with Crippen molar-refractivity contribution in [1.29, 1.82) is 0 Å². The highest BCUT2D eigenvalue weighted by Gasteiger charge is 2.13. The molecule has 0 aromatic rings. The molecule has 0 radical (unpaired) electrons. The minimum absolute atomic E-state index is 0.842. The van der Waals surface area contributed by atoms with Gasteiger partial charge in [-0.1, -0.05) is 30.6 Å². The number of rotatable bonds is 4. The Morgan fingerprint density at radius 1 is 1.78 bits per heavy atom. The van der Waals surface area contributed by atoms with Crippen LogP contribution in [-0.4, -0.2) is 12.9 Å². The summed E-state index contributed by atoms with van der Waals surface area (Å²) in [6.07, 6.45) is 0.999. The minimum atomic E-state index is -2.58. The van der Waals surface area contributed by atoms with Crippen LogP contribution in [0.4, 0.5) is 0 Å². The highest BCUT2D eigenvalue weighted by Crippen LogP contribution is 2.63. The predicted octanol–water partition coefficient (Wildman–Crippen LogP) is 2.81. The summed E-state index contributed by atoms with van der Waals surface area (Å²) in [5.74, 6) is -1.74. The van der Waals surface area contributed by atoms with Gasteiger partial charge in [-0.25, -0.2) is 0 Å². The largest absolute Gasteiger partial charge is 0.317 e. The van der Waals surface area contributed by atoms with Gasteiger partial charge in [0.25, 0.3) is 0 Å². The van der Waals surface area contributed by atoms with Gasteiger partial charge in [-0.15, -0.1) is 0 Å². The van der Waals surface area contributed by atoms with Crippen LogP contribution in [0.5, 0.6) is 0 Å². The van der Waals surface area contributed by atoms with E-state index in [1.165, 1.54) is 18.5 Å². The first-order valence-electron chi connectivity index (χ1n) is 2.65. The molecule has 0 aliphatic rings. The van der Waals surface area contributed by atoms with Gasteiger partial charge in [0.2, 0.25) is 0 Å². The molecular weight excluding hydrogens is 175 g/mol. The zero-order chi connectivity index (χ0) is 7.33. The van der Waals surface area contributed by atoms with Crippen LogP contribution < -0.4 is 0 Å². The molecule has 0 saturated carbocycles. The standard InChI is InChI=1S/C4H11O2PS2/c1-3-4-9-7(5,8)6-2/h3-4H2,1-2H3,(H,5,8). The smallest absolute Gasteiger partial charge is 0.309 e. The van der Waals surface area contributed by atoms with Crippen molar-refractivity contribution < 1.29 is 9.09 Å². The molecule has 0 heterocycles. The first kappa shape index (κ1) is 9.89. The fraction of sp³-hybridized carbons (Fsp3) is 1.00. The minimum Gasteiger partial charge on any atom is -0.317 e. The van der Waals surface area contributed by atoms with Crippen molar-refractivity contribution in [3.8, 4) is 0 Å². The molecule has 0 amide bonds. The van der Waals surface area contributed by atoms with Gasteiger partial charge in [0, 0.05) is 12.9 Å². The predicted molar refractivity (Wildman–Crippen MR) is 46.4 cm³/mol. The molecule has 0 aromatic carbocycles. The fourth-order valence-electron chi connectivity index (χ4n) is 0.259. The van der Waals surface area contributed by atoms with E-state index in [-0.39, 0.29) is 0 Å². The molecule has 0 fully saturated rings. The second kappa shape index (κ2) is 4.67. The summed E-state index contributed by atoms with van der Waals surface area (Å²) in [6.45, 7) is 2.02. The Labute approximate surface area is 65.1 Å². The van der Waals surface area contributed by atoms with E-state index in [0.717, 1.165) is 12.2 Å². The van der Waals surface area contributed by atoms with E-state index >= 15 is 0 Å². The van der Waals surface area contributed by atoms with Crippen molar-refractivity contribution in [3.63, 3.8) is 0 Å². The lowest BCUT2D eigenvalue weighted by Crippen LogP contribution is -1.74. The molecule has 0 rings (SSSR count). The molecule has 0 bridgehead atoms. The zero-order valence-corrected chi connectivity index (χ0v) is 8.14. The van der Waals surface area contributed by atoms with Crippen molar-refractivity contribution in [2.75, 3.05) is 12.9 Å². The first-order chi connectivity index (χ1) is 4.12. The van der Waals surface area contributed by atoms with Crippen LogP contribution in [0.3, 0.4) is 0 Å². The lowest BCUT2D eigenvalue weighted by Gasteiger charge is -2.05. The Hall–Kier alpha value is 0.890. The normalized spacial score (nSPS) is 17.2. The Morgan fingerprint density at radius 3 is 2.67 bits per heavy atom. The molecule has 0 aliphatic heterocycles. The third-order valence-electron chi connectivity index (χ3n) is 0.689. The van der Waals surface area contributed by atoms with Crippen LogP contribution in [-0.2, 0) is 9.09 Å². The molecule has 1 unspecified atom stereocenters. The van der Waals surface area contributed by atoms with Crippen molar-refractivity contribution in [1.82, 2.24) is 0 Å². The van der Waals surface area contributed by atoms with Gasteiger partial charge < -0.3 is 4.52 Å². The molecule has 0 aliphatic carbocycles. The summed E-state index contributed by atoms with van der Waals surface area (Å²) in [4.78, 5) is 0. The van der Waals surface area contributed by atoms with Gasteiger partial charge in [-0.3, -0.25) is 4.57 Å². The second-order valence-electron chi connectivity index (χ2n) is 1.48. The zero-order valence-electron chi connectivity index (χ0n) is 5.53. The number of hydrogen-bond acceptors (Lipinski definition) is 3. The lowest BCUT2D eigenvalue weighted by atomic mass is 10.6. The summed E-state index contributed by atoms with van der Waals surface area (Å²) in [5.41, 5.74) is 0. The maximum atomic E-state index is 10.9. The molecule has 0 N–H and O–H groups in total. The fourth-order valence-corrected chi connectivity index (χ4v) is 3.07. The summed E-state index contributed by atoms with van der Waals surface area (Å²) in [5, 5.41) is 0. The van der Waals surface area contributed by atoms with E-state index in [1.807, 2.05) is 6.92 Å². The highest BCUT2D eigenvalue weighted by molar-refractivity contribution is 8.84. The molecule has 0 spiro atoms. The van der Waals surface area contributed by atoms with Crippen LogP contribution in [0.2, 0.25) is 0 Å². The lowest BCUT2D eigenvalue weighted by molar-refractivity contribution is 0.424.